The largest absolute Gasteiger partial charge is 0.505 e. The van der Waals surface area contributed by atoms with Gasteiger partial charge in [-0.25, -0.2) is 4.79 Å². The molecule has 11 nitrogen and oxygen atoms in total. The minimum atomic E-state index is -4.47. The number of ether oxygens (including phenoxy) is 1. The number of furan rings is 1. The Morgan fingerprint density at radius 1 is 1.19 bits per heavy atom. The van der Waals surface area contributed by atoms with Crippen molar-refractivity contribution in [3.05, 3.63) is 58.0 Å². The minimum absolute atomic E-state index is 0.000752. The fourth-order valence-corrected chi connectivity index (χ4v) is 4.88. The van der Waals surface area contributed by atoms with Crippen molar-refractivity contribution in [2.24, 2.45) is 9.81 Å². The molecule has 200 valence electrons. The van der Waals surface area contributed by atoms with E-state index in [-0.39, 0.29) is 29.4 Å². The van der Waals surface area contributed by atoms with Gasteiger partial charge in [0.15, 0.2) is 11.6 Å². The van der Waals surface area contributed by atoms with Crippen LogP contribution < -0.4 is 10.6 Å². The van der Waals surface area contributed by atoms with Gasteiger partial charge in [0.2, 0.25) is 4.91 Å². The van der Waals surface area contributed by atoms with Crippen LogP contribution in [-0.2, 0) is 19.6 Å². The summed E-state index contributed by atoms with van der Waals surface area (Å²) in [5.41, 5.74) is -0.628. The molecule has 1 aliphatic rings. The number of aromatic hydroxyl groups is 1. The first-order chi connectivity index (χ1) is 17.2. The van der Waals surface area contributed by atoms with Gasteiger partial charge in [0.25, 0.3) is 15.9 Å². The van der Waals surface area contributed by atoms with Crippen molar-refractivity contribution in [2.75, 3.05) is 26.0 Å². The number of hydrogen-bond donors (Lipinski definition) is 3. The summed E-state index contributed by atoms with van der Waals surface area (Å²) in [7, 11) is -1.39. The summed E-state index contributed by atoms with van der Waals surface area (Å²) < 4.78 is 40.7. The quantitative estimate of drug-likeness (QED) is 0.360. The van der Waals surface area contributed by atoms with Gasteiger partial charge in [0.05, 0.1) is 23.9 Å². The third-order valence-corrected chi connectivity index (χ3v) is 6.83. The van der Waals surface area contributed by atoms with E-state index in [2.05, 4.69) is 15.0 Å². The lowest BCUT2D eigenvalue weighted by molar-refractivity contribution is -0.137. The highest BCUT2D eigenvalue weighted by molar-refractivity contribution is 7.95. The Morgan fingerprint density at radius 3 is 2.41 bits per heavy atom. The number of sulfonamides is 1. The molecule has 3 rings (SSSR count). The van der Waals surface area contributed by atoms with E-state index in [4.69, 9.17) is 9.15 Å². The Bertz CT molecular complexity index is 1380. The van der Waals surface area contributed by atoms with Gasteiger partial charge in [0, 0.05) is 14.1 Å². The average molecular weight is 533 g/mol. The third-order valence-electron chi connectivity index (χ3n) is 5.52. The lowest BCUT2D eigenvalue weighted by Gasteiger charge is -2.31. The molecule has 2 aromatic rings. The van der Waals surface area contributed by atoms with Crippen LogP contribution in [0.5, 0.6) is 5.75 Å². The van der Waals surface area contributed by atoms with E-state index < -0.39 is 44.0 Å². The van der Waals surface area contributed by atoms with Crippen LogP contribution in [0, 0.1) is 12.3 Å². The number of amidine groups is 1. The van der Waals surface area contributed by atoms with Crippen molar-refractivity contribution in [1.29, 1.82) is 0 Å². The molecule has 0 saturated heterocycles. The smallest absolute Gasteiger partial charge is 0.354 e. The van der Waals surface area contributed by atoms with Crippen LogP contribution in [0.1, 0.15) is 55.6 Å². The number of carbonyl (C=O) groups excluding carboxylic acids is 2. The highest BCUT2D eigenvalue weighted by Crippen LogP contribution is 2.37. The zero-order valence-electron chi connectivity index (χ0n) is 21.9. The van der Waals surface area contributed by atoms with Crippen LogP contribution in [0.2, 0.25) is 0 Å². The van der Waals surface area contributed by atoms with Gasteiger partial charge in [-0.15, -0.1) is 4.40 Å². The molecular weight excluding hydrogens is 500 g/mol. The molecule has 1 aliphatic heterocycles. The Kier molecular flexibility index (Phi) is 7.72. The number of nitrogens with one attached hydrogen (secondary N) is 2. The number of nitrogens with zero attached hydrogens (tertiary/aromatic N) is 2. The second kappa shape index (κ2) is 10.3. The highest BCUT2D eigenvalue weighted by Gasteiger charge is 2.42. The van der Waals surface area contributed by atoms with Gasteiger partial charge in [-0.1, -0.05) is 26.8 Å². The van der Waals surface area contributed by atoms with E-state index in [0.717, 1.165) is 0 Å². The first-order valence-electron chi connectivity index (χ1n) is 11.6. The van der Waals surface area contributed by atoms with Gasteiger partial charge in [0.1, 0.15) is 17.2 Å². The Morgan fingerprint density at radius 2 is 1.86 bits per heavy atom. The van der Waals surface area contributed by atoms with Crippen LogP contribution in [0.15, 0.2) is 49.7 Å². The fraction of sp³-hybridized carbons (Fsp3) is 0.400. The standard InChI is InChI=1S/C25H32N4O7S/c1-8-35-24(32)20-18(27-21(25(3,4)5)17-13-12-14(2)36-17)22(28-37(20,33)34)26-16-11-9-10-15(19(16)30)23(31)29(6)7/h9-13,21,27,30H,8H2,1-7H3,(H,26,28)/t21-/m0/s1. The summed E-state index contributed by atoms with van der Waals surface area (Å²) in [6, 6.07) is 7.36. The first kappa shape index (κ1) is 27.8. The normalized spacial score (nSPS) is 15.7. The summed E-state index contributed by atoms with van der Waals surface area (Å²) in [4.78, 5) is 25.9. The van der Waals surface area contributed by atoms with E-state index in [9.17, 15) is 23.1 Å². The zero-order chi connectivity index (χ0) is 27.7. The van der Waals surface area contributed by atoms with Crippen molar-refractivity contribution in [3.63, 3.8) is 0 Å². The fourth-order valence-electron chi connectivity index (χ4n) is 3.72. The molecule has 1 aromatic carbocycles. The molecule has 1 aromatic heterocycles. The maximum Gasteiger partial charge on any atom is 0.354 e. The molecule has 0 fully saturated rings. The van der Waals surface area contributed by atoms with Crippen LogP contribution in [0.3, 0.4) is 0 Å². The Hall–Kier alpha value is -3.80. The van der Waals surface area contributed by atoms with E-state index in [1.807, 2.05) is 20.8 Å². The molecule has 0 spiro atoms. The Labute approximate surface area is 216 Å². The number of para-hydroxylation sites is 1. The Balaban J connectivity index is 2.15. The molecule has 0 saturated carbocycles. The molecule has 12 heteroatoms. The predicted molar refractivity (Wildman–Crippen MR) is 139 cm³/mol. The topological polar surface area (TPSA) is 151 Å². The van der Waals surface area contributed by atoms with E-state index >= 15 is 0 Å². The van der Waals surface area contributed by atoms with Crippen molar-refractivity contribution in [3.8, 4) is 5.75 Å². The summed E-state index contributed by atoms with van der Waals surface area (Å²) in [5, 5.41) is 16.7. The number of anilines is 1. The number of esters is 1. The number of benzene rings is 1. The van der Waals surface area contributed by atoms with E-state index in [1.54, 1.807) is 26.0 Å². The zero-order valence-corrected chi connectivity index (χ0v) is 22.7. The van der Waals surface area contributed by atoms with E-state index in [0.29, 0.717) is 11.5 Å². The lowest BCUT2D eigenvalue weighted by Crippen LogP contribution is -2.36. The summed E-state index contributed by atoms with van der Waals surface area (Å²) >= 11 is 0. The molecular formula is C25H32N4O7S. The lowest BCUT2D eigenvalue weighted by atomic mass is 9.85. The molecule has 2 heterocycles. The third kappa shape index (κ3) is 5.79. The van der Waals surface area contributed by atoms with E-state index in [1.165, 1.54) is 37.2 Å². The molecule has 0 radical (unpaired) electrons. The molecule has 0 aliphatic carbocycles. The number of amides is 1. The number of carbonyl (C=O) groups is 2. The van der Waals surface area contributed by atoms with Gasteiger partial charge >= 0.3 is 5.97 Å². The van der Waals surface area contributed by atoms with Crippen LogP contribution in [0.25, 0.3) is 0 Å². The maximum atomic E-state index is 13.0. The van der Waals surface area contributed by atoms with Crippen molar-refractivity contribution < 1.29 is 32.3 Å². The number of hydrogen-bond acceptors (Lipinski definition) is 9. The molecule has 0 unspecified atom stereocenters. The van der Waals surface area contributed by atoms with Gasteiger partial charge in [-0.05, 0) is 43.5 Å². The summed E-state index contributed by atoms with van der Waals surface area (Å²) in [6.45, 7) is 9.05. The maximum absolute atomic E-state index is 13.0. The molecule has 3 N–H and O–H groups in total. The van der Waals surface area contributed by atoms with Crippen LogP contribution >= 0.6 is 0 Å². The van der Waals surface area contributed by atoms with Gasteiger partial charge in [-0.2, -0.15) is 8.42 Å². The number of aryl methyl sites for hydroxylation is 1. The molecule has 0 bridgehead atoms. The van der Waals surface area contributed by atoms with Gasteiger partial charge < -0.3 is 29.8 Å². The first-order valence-corrected chi connectivity index (χ1v) is 13.0. The molecule has 37 heavy (non-hydrogen) atoms. The summed E-state index contributed by atoms with van der Waals surface area (Å²) in [6.07, 6.45) is 0. The van der Waals surface area contributed by atoms with Crippen molar-refractivity contribution >= 4 is 33.4 Å². The van der Waals surface area contributed by atoms with Crippen molar-refractivity contribution in [1.82, 2.24) is 10.2 Å². The second-order valence-electron chi connectivity index (χ2n) is 9.76. The molecule has 1 atom stereocenters. The predicted octanol–water partition coefficient (Wildman–Crippen LogP) is 3.30. The van der Waals surface area contributed by atoms with Crippen molar-refractivity contribution in [2.45, 2.75) is 40.7 Å². The van der Waals surface area contributed by atoms with Gasteiger partial charge in [-0.3, -0.25) is 4.79 Å². The monoisotopic (exact) mass is 532 g/mol. The molecule has 1 amide bonds. The number of phenols is 1. The number of phenolic OH excluding ortho intramolecular Hbond substituents is 1. The highest BCUT2D eigenvalue weighted by atomic mass is 32.2. The van der Waals surface area contributed by atoms with Crippen LogP contribution in [0.4, 0.5) is 5.69 Å². The average Bonchev–Trinajstić information content (AvgIpc) is 3.31. The second-order valence-corrected chi connectivity index (χ2v) is 11.3. The SMILES string of the molecule is CCOC(=O)C1=C(N[C@@H](c2ccc(C)o2)C(C)(C)C)C(Nc2cccc(C(=O)N(C)C)c2O)=NS1(=O)=O. The summed E-state index contributed by atoms with van der Waals surface area (Å²) in [5.74, 6) is -1.00. The number of rotatable bonds is 7. The minimum Gasteiger partial charge on any atom is -0.505 e. The van der Waals surface area contributed by atoms with Crippen LogP contribution in [-0.4, -0.2) is 56.8 Å².